The molecule has 0 fully saturated rings. The third-order valence-corrected chi connectivity index (χ3v) is 7.56. The van der Waals surface area contributed by atoms with Crippen LogP contribution in [-0.4, -0.2) is 31.0 Å². The van der Waals surface area contributed by atoms with Crippen LogP contribution in [0.5, 0.6) is 0 Å². The van der Waals surface area contributed by atoms with Gasteiger partial charge in [0, 0.05) is 24.1 Å². The van der Waals surface area contributed by atoms with E-state index in [0.29, 0.717) is 23.5 Å². The van der Waals surface area contributed by atoms with Gasteiger partial charge in [-0.05, 0) is 67.3 Å². The van der Waals surface area contributed by atoms with Crippen molar-refractivity contribution < 1.29 is 8.42 Å². The molecule has 4 aromatic rings. The number of hydrogen-bond donors (Lipinski definition) is 3. The van der Waals surface area contributed by atoms with Crippen LogP contribution in [0.2, 0.25) is 0 Å². The van der Waals surface area contributed by atoms with E-state index in [1.54, 1.807) is 32.2 Å². The average Bonchev–Trinajstić information content (AvgIpc) is 3.21. The predicted octanol–water partition coefficient (Wildman–Crippen LogP) is 4.92. The van der Waals surface area contributed by atoms with Gasteiger partial charge in [-0.2, -0.15) is 0 Å². The van der Waals surface area contributed by atoms with E-state index in [-0.39, 0.29) is 10.5 Å². The van der Waals surface area contributed by atoms with E-state index in [1.807, 2.05) is 42.5 Å². The topological polar surface area (TPSA) is 122 Å². The van der Waals surface area contributed by atoms with Crippen molar-refractivity contribution in [2.45, 2.75) is 45.4 Å². The van der Waals surface area contributed by atoms with Crippen molar-refractivity contribution in [1.82, 2.24) is 14.5 Å². The van der Waals surface area contributed by atoms with Gasteiger partial charge >= 0.3 is 0 Å². The molecule has 0 unspecified atom stereocenters. The van der Waals surface area contributed by atoms with E-state index in [1.165, 1.54) is 22.4 Å². The number of aromatic amines is 1. The van der Waals surface area contributed by atoms with Gasteiger partial charge in [0.15, 0.2) is 0 Å². The molecule has 4 rings (SSSR count). The summed E-state index contributed by atoms with van der Waals surface area (Å²) < 4.78 is 28.0. The second kappa shape index (κ2) is 13.0. The lowest BCUT2D eigenvalue weighted by molar-refractivity contribution is 0.584. The second-order valence-corrected chi connectivity index (χ2v) is 10.3. The molecule has 200 valence electrons. The number of sulfonamides is 1. The summed E-state index contributed by atoms with van der Waals surface area (Å²) in [5.74, 6) is 0. The van der Waals surface area contributed by atoms with E-state index in [0.717, 1.165) is 29.8 Å². The first-order valence-electron chi connectivity index (χ1n) is 12.6. The molecular formula is C29H35N5O3S. The maximum absolute atomic E-state index is 12.9. The van der Waals surface area contributed by atoms with E-state index < -0.39 is 10.0 Å². The molecule has 3 aromatic carbocycles. The Kier molecular flexibility index (Phi) is 9.81. The van der Waals surface area contributed by atoms with Crippen molar-refractivity contribution in [3.8, 4) is 5.69 Å². The van der Waals surface area contributed by atoms with Crippen LogP contribution in [-0.2, 0) is 22.9 Å². The number of para-hydroxylation sites is 2. The molecule has 0 atom stereocenters. The lowest BCUT2D eigenvalue weighted by atomic mass is 10.1. The van der Waals surface area contributed by atoms with Gasteiger partial charge in [0.05, 0.1) is 21.8 Å². The van der Waals surface area contributed by atoms with E-state index in [2.05, 4.69) is 34.7 Å². The van der Waals surface area contributed by atoms with Gasteiger partial charge in [0.25, 0.3) is 5.56 Å². The number of benzene rings is 3. The van der Waals surface area contributed by atoms with Gasteiger partial charge in [-0.25, -0.2) is 17.8 Å². The highest BCUT2D eigenvalue weighted by atomic mass is 32.2. The fraction of sp³-hybridized carbons (Fsp3) is 0.241. The van der Waals surface area contributed by atoms with Crippen LogP contribution in [0.4, 0.5) is 11.4 Å². The molecule has 0 radical (unpaired) electrons. The second-order valence-electron chi connectivity index (χ2n) is 8.58. The summed E-state index contributed by atoms with van der Waals surface area (Å²) in [5.41, 5.74) is 11.1. The quantitative estimate of drug-likeness (QED) is 0.220. The van der Waals surface area contributed by atoms with Gasteiger partial charge in [-0.1, -0.05) is 57.2 Å². The predicted molar refractivity (Wildman–Crippen MR) is 155 cm³/mol. The molecule has 4 N–H and O–H groups in total. The zero-order valence-electron chi connectivity index (χ0n) is 22.2. The molecule has 0 aliphatic carbocycles. The number of nitrogen functional groups attached to an aromatic ring is 1. The molecule has 9 heteroatoms. The number of nitrogens with zero attached hydrogens (tertiary/aromatic N) is 2. The van der Waals surface area contributed by atoms with Crippen molar-refractivity contribution in [2.24, 2.45) is 4.99 Å². The Bertz CT molecular complexity index is 1550. The monoisotopic (exact) mass is 533 g/mol. The summed E-state index contributed by atoms with van der Waals surface area (Å²) >= 11 is 0. The molecular weight excluding hydrogens is 498 g/mol. The molecule has 0 amide bonds. The molecule has 0 bridgehead atoms. The minimum atomic E-state index is -3.54. The standard InChI is InChI=1S/C21H24N4O3S.C8H11N/c1-4-16-8-6-7-9-20(16)22-14-19-15(3)24-25(21(19)26)17-10-12-18(13-11-17)29(27,28)23-5-2;1-2-7-5-3-4-6-8(7)9/h6-14,23-24H,4-5H2,1-3H3;3-6H,2,9H2,1H3. The number of aliphatic imine (C=N–C) groups is 1. The van der Waals surface area contributed by atoms with Crippen LogP contribution in [0.3, 0.4) is 0 Å². The molecule has 1 heterocycles. The number of H-pyrrole nitrogens is 1. The largest absolute Gasteiger partial charge is 0.399 e. The maximum atomic E-state index is 12.9. The van der Waals surface area contributed by atoms with E-state index in [4.69, 9.17) is 5.73 Å². The van der Waals surface area contributed by atoms with Crippen LogP contribution in [0, 0.1) is 6.92 Å². The highest BCUT2D eigenvalue weighted by molar-refractivity contribution is 7.89. The minimum Gasteiger partial charge on any atom is -0.399 e. The number of rotatable bonds is 8. The number of aromatic nitrogens is 2. The fourth-order valence-corrected chi connectivity index (χ4v) is 4.91. The third-order valence-electron chi connectivity index (χ3n) is 6.00. The molecule has 38 heavy (non-hydrogen) atoms. The normalized spacial score (nSPS) is 11.4. The van der Waals surface area contributed by atoms with Crippen molar-refractivity contribution in [3.05, 3.63) is 106 Å². The minimum absolute atomic E-state index is 0.150. The highest BCUT2D eigenvalue weighted by Gasteiger charge is 2.14. The van der Waals surface area contributed by atoms with Gasteiger partial charge in [-0.3, -0.25) is 14.9 Å². The van der Waals surface area contributed by atoms with Crippen LogP contribution < -0.4 is 16.0 Å². The summed E-state index contributed by atoms with van der Waals surface area (Å²) in [4.78, 5) is 17.5. The number of hydrogen-bond acceptors (Lipinski definition) is 5. The average molecular weight is 534 g/mol. The Labute approximate surface area is 224 Å². The van der Waals surface area contributed by atoms with Gasteiger partial charge < -0.3 is 5.73 Å². The van der Waals surface area contributed by atoms with E-state index >= 15 is 0 Å². The summed E-state index contributed by atoms with van der Waals surface area (Å²) in [6.07, 6.45) is 3.45. The molecule has 1 aromatic heterocycles. The Morgan fingerprint density at radius 1 is 0.921 bits per heavy atom. The van der Waals surface area contributed by atoms with E-state index in [9.17, 15) is 13.2 Å². The number of anilines is 1. The number of aryl methyl sites for hydroxylation is 3. The summed E-state index contributed by atoms with van der Waals surface area (Å²) in [7, 11) is -3.54. The van der Waals surface area contributed by atoms with Gasteiger partial charge in [0.2, 0.25) is 10.0 Å². The number of nitrogens with one attached hydrogen (secondary N) is 2. The third kappa shape index (κ3) is 6.87. The van der Waals surface area contributed by atoms with Crippen LogP contribution >= 0.6 is 0 Å². The van der Waals surface area contributed by atoms with Crippen molar-refractivity contribution in [1.29, 1.82) is 0 Å². The molecule has 0 aliphatic rings. The summed E-state index contributed by atoms with van der Waals surface area (Å²) in [5, 5.41) is 3.03. The fourth-order valence-electron chi connectivity index (χ4n) is 3.87. The lowest BCUT2D eigenvalue weighted by Gasteiger charge is -2.06. The SMILES string of the molecule is CCNS(=O)(=O)c1ccc(-n2[nH]c(C)c(C=Nc3ccccc3CC)c2=O)cc1.CCc1ccccc1N. The summed E-state index contributed by atoms with van der Waals surface area (Å²) in [6, 6.07) is 21.9. The zero-order valence-corrected chi connectivity index (χ0v) is 23.0. The first-order chi connectivity index (χ1) is 18.2. The van der Waals surface area contributed by atoms with Crippen LogP contribution in [0.1, 0.15) is 43.2 Å². The molecule has 8 nitrogen and oxygen atoms in total. The first kappa shape index (κ1) is 28.6. The lowest BCUT2D eigenvalue weighted by Crippen LogP contribution is -2.23. The molecule has 0 aliphatic heterocycles. The molecule has 0 saturated carbocycles. The Hall–Kier alpha value is -3.95. The Morgan fingerprint density at radius 2 is 1.53 bits per heavy atom. The number of nitrogens with two attached hydrogens (primary N) is 1. The maximum Gasteiger partial charge on any atom is 0.280 e. The molecule has 0 saturated heterocycles. The zero-order chi connectivity index (χ0) is 27.7. The summed E-state index contributed by atoms with van der Waals surface area (Å²) in [6.45, 7) is 7.99. The van der Waals surface area contributed by atoms with Crippen molar-refractivity contribution in [2.75, 3.05) is 12.3 Å². The van der Waals surface area contributed by atoms with Crippen LogP contribution in [0.15, 0.2) is 87.5 Å². The highest BCUT2D eigenvalue weighted by Crippen LogP contribution is 2.19. The molecule has 0 spiro atoms. The van der Waals surface area contributed by atoms with Gasteiger partial charge in [-0.15, -0.1) is 0 Å². The smallest absolute Gasteiger partial charge is 0.280 e. The van der Waals surface area contributed by atoms with Gasteiger partial charge in [0.1, 0.15) is 0 Å². The Balaban J connectivity index is 0.000000375. The first-order valence-corrected chi connectivity index (χ1v) is 14.1. The van der Waals surface area contributed by atoms with Crippen LogP contribution in [0.25, 0.3) is 5.69 Å². The van der Waals surface area contributed by atoms with Crippen molar-refractivity contribution in [3.63, 3.8) is 0 Å². The Morgan fingerprint density at radius 3 is 2.11 bits per heavy atom. The van der Waals surface area contributed by atoms with Crippen molar-refractivity contribution >= 4 is 27.6 Å².